The zero-order valence-corrected chi connectivity index (χ0v) is 14.4. The molecule has 0 aromatic heterocycles. The molecule has 1 heterocycles. The van der Waals surface area contributed by atoms with Crippen LogP contribution < -0.4 is 5.73 Å². The Hall–Kier alpha value is -2.82. The van der Waals surface area contributed by atoms with Crippen LogP contribution in [0.3, 0.4) is 0 Å². The van der Waals surface area contributed by atoms with Gasteiger partial charge in [-0.25, -0.2) is 0 Å². The van der Waals surface area contributed by atoms with E-state index in [1.54, 1.807) is 29.2 Å². The summed E-state index contributed by atoms with van der Waals surface area (Å²) in [5.74, 6) is -0.00888. The predicted molar refractivity (Wildman–Crippen MR) is 98.5 cm³/mol. The first kappa shape index (κ1) is 17.0. The molecule has 2 amide bonds. The third-order valence-electron chi connectivity index (χ3n) is 4.60. The smallest absolute Gasteiger partial charge is 0.254 e. The maximum atomic E-state index is 12.6. The van der Waals surface area contributed by atoms with Crippen molar-refractivity contribution < 1.29 is 9.59 Å². The molecular weight excluding hydrogens is 314 g/mol. The Morgan fingerprint density at radius 3 is 1.96 bits per heavy atom. The summed E-state index contributed by atoms with van der Waals surface area (Å²) in [4.78, 5) is 28.7. The van der Waals surface area contributed by atoms with Gasteiger partial charge in [0, 0.05) is 43.0 Å². The van der Waals surface area contributed by atoms with E-state index in [2.05, 4.69) is 6.92 Å². The fourth-order valence-corrected chi connectivity index (χ4v) is 3.03. The molecule has 0 atom stereocenters. The van der Waals surface area contributed by atoms with E-state index in [-0.39, 0.29) is 11.8 Å². The summed E-state index contributed by atoms with van der Waals surface area (Å²) >= 11 is 0. The van der Waals surface area contributed by atoms with Crippen molar-refractivity contribution >= 4 is 17.5 Å². The molecular formula is C20H23N3O2. The molecule has 3 rings (SSSR count). The molecule has 0 saturated carbocycles. The fourth-order valence-electron chi connectivity index (χ4n) is 3.03. The molecule has 0 radical (unpaired) electrons. The number of amides is 2. The van der Waals surface area contributed by atoms with E-state index in [0.29, 0.717) is 43.0 Å². The van der Waals surface area contributed by atoms with Crippen LogP contribution in [0.4, 0.5) is 5.69 Å². The second-order valence-electron chi connectivity index (χ2n) is 6.26. The van der Waals surface area contributed by atoms with E-state index < -0.39 is 0 Å². The third-order valence-corrected chi connectivity index (χ3v) is 4.60. The number of anilines is 1. The Kier molecular flexibility index (Phi) is 5.03. The molecule has 0 aliphatic carbocycles. The molecule has 5 nitrogen and oxygen atoms in total. The zero-order valence-electron chi connectivity index (χ0n) is 14.4. The number of hydrogen-bond donors (Lipinski definition) is 1. The number of carbonyl (C=O) groups is 2. The third kappa shape index (κ3) is 3.82. The normalized spacial score (nSPS) is 14.4. The van der Waals surface area contributed by atoms with Crippen LogP contribution in [0.25, 0.3) is 0 Å². The van der Waals surface area contributed by atoms with Crippen molar-refractivity contribution in [2.24, 2.45) is 0 Å². The summed E-state index contributed by atoms with van der Waals surface area (Å²) in [6.45, 7) is 4.25. The first-order valence-corrected chi connectivity index (χ1v) is 8.61. The SMILES string of the molecule is CCc1ccc(C(=O)N2CCN(C(=O)c3cccc(N)c3)CC2)cc1. The summed E-state index contributed by atoms with van der Waals surface area (Å²) in [6.07, 6.45) is 0.958. The molecule has 1 aliphatic heterocycles. The highest BCUT2D eigenvalue weighted by Gasteiger charge is 2.25. The van der Waals surface area contributed by atoms with Crippen molar-refractivity contribution in [3.63, 3.8) is 0 Å². The van der Waals surface area contributed by atoms with Crippen molar-refractivity contribution in [2.75, 3.05) is 31.9 Å². The molecule has 0 unspecified atom stereocenters. The van der Waals surface area contributed by atoms with Crippen molar-refractivity contribution in [3.8, 4) is 0 Å². The summed E-state index contributed by atoms with van der Waals surface area (Å²) < 4.78 is 0. The van der Waals surface area contributed by atoms with Crippen molar-refractivity contribution in [2.45, 2.75) is 13.3 Å². The number of hydrogen-bond acceptors (Lipinski definition) is 3. The van der Waals surface area contributed by atoms with Crippen LogP contribution >= 0.6 is 0 Å². The highest BCUT2D eigenvalue weighted by molar-refractivity contribution is 5.96. The molecule has 5 heteroatoms. The zero-order chi connectivity index (χ0) is 17.8. The van der Waals surface area contributed by atoms with E-state index in [0.717, 1.165) is 6.42 Å². The van der Waals surface area contributed by atoms with Gasteiger partial charge in [-0.1, -0.05) is 25.1 Å². The van der Waals surface area contributed by atoms with Gasteiger partial charge in [-0.15, -0.1) is 0 Å². The Labute approximate surface area is 148 Å². The monoisotopic (exact) mass is 337 g/mol. The van der Waals surface area contributed by atoms with Crippen molar-refractivity contribution in [1.29, 1.82) is 0 Å². The highest BCUT2D eigenvalue weighted by Crippen LogP contribution is 2.14. The van der Waals surface area contributed by atoms with Gasteiger partial charge >= 0.3 is 0 Å². The molecule has 0 bridgehead atoms. The number of piperazine rings is 1. The first-order valence-electron chi connectivity index (χ1n) is 8.61. The summed E-state index contributed by atoms with van der Waals surface area (Å²) in [6, 6.07) is 14.7. The topological polar surface area (TPSA) is 66.6 Å². The fraction of sp³-hybridized carbons (Fsp3) is 0.300. The molecule has 1 fully saturated rings. The average Bonchev–Trinajstić information content (AvgIpc) is 2.67. The van der Waals surface area contributed by atoms with E-state index >= 15 is 0 Å². The molecule has 1 saturated heterocycles. The molecule has 25 heavy (non-hydrogen) atoms. The van der Waals surface area contributed by atoms with Crippen molar-refractivity contribution in [3.05, 3.63) is 65.2 Å². The van der Waals surface area contributed by atoms with Gasteiger partial charge in [0.05, 0.1) is 0 Å². The van der Waals surface area contributed by atoms with Crippen molar-refractivity contribution in [1.82, 2.24) is 9.80 Å². The molecule has 0 spiro atoms. The molecule has 130 valence electrons. The maximum Gasteiger partial charge on any atom is 0.254 e. The average molecular weight is 337 g/mol. The lowest BCUT2D eigenvalue weighted by atomic mass is 10.1. The highest BCUT2D eigenvalue weighted by atomic mass is 16.2. The van der Waals surface area contributed by atoms with Gasteiger partial charge in [-0.3, -0.25) is 9.59 Å². The minimum absolute atomic E-state index is 0.0266. The van der Waals surface area contributed by atoms with E-state index in [1.165, 1.54) is 5.56 Å². The predicted octanol–water partition coefficient (Wildman–Crippen LogP) is 2.43. The molecule has 2 N–H and O–H groups in total. The number of nitrogen functional groups attached to an aromatic ring is 1. The van der Waals surface area contributed by atoms with E-state index in [9.17, 15) is 9.59 Å². The maximum absolute atomic E-state index is 12.6. The number of aryl methyl sites for hydroxylation is 1. The van der Waals surface area contributed by atoms with Crippen LogP contribution in [0.15, 0.2) is 48.5 Å². The van der Waals surface area contributed by atoms with Gasteiger partial charge in [0.2, 0.25) is 0 Å². The Balaban J connectivity index is 1.61. The van der Waals surface area contributed by atoms with Gasteiger partial charge in [0.25, 0.3) is 11.8 Å². The Bertz CT molecular complexity index is 763. The van der Waals surface area contributed by atoms with E-state index in [1.807, 2.05) is 29.2 Å². The molecule has 1 aliphatic rings. The van der Waals surface area contributed by atoms with Crippen LogP contribution in [0.1, 0.15) is 33.2 Å². The van der Waals surface area contributed by atoms with Crippen LogP contribution in [0.2, 0.25) is 0 Å². The van der Waals surface area contributed by atoms with Gasteiger partial charge < -0.3 is 15.5 Å². The van der Waals surface area contributed by atoms with Crippen LogP contribution in [0, 0.1) is 0 Å². The first-order chi connectivity index (χ1) is 12.1. The lowest BCUT2D eigenvalue weighted by Crippen LogP contribution is -2.50. The van der Waals surface area contributed by atoms with Gasteiger partial charge in [-0.2, -0.15) is 0 Å². The Morgan fingerprint density at radius 2 is 1.44 bits per heavy atom. The van der Waals surface area contributed by atoms with Crippen LogP contribution in [-0.4, -0.2) is 47.8 Å². The largest absolute Gasteiger partial charge is 0.399 e. The lowest BCUT2D eigenvalue weighted by Gasteiger charge is -2.35. The second-order valence-corrected chi connectivity index (χ2v) is 6.26. The number of nitrogens with zero attached hydrogens (tertiary/aromatic N) is 2. The second kappa shape index (κ2) is 7.38. The van der Waals surface area contributed by atoms with Crippen LogP contribution in [0.5, 0.6) is 0 Å². The van der Waals surface area contributed by atoms with E-state index in [4.69, 9.17) is 5.73 Å². The van der Waals surface area contributed by atoms with Gasteiger partial charge in [0.1, 0.15) is 0 Å². The summed E-state index contributed by atoms with van der Waals surface area (Å²) in [7, 11) is 0. The summed E-state index contributed by atoms with van der Waals surface area (Å²) in [5.41, 5.74) is 8.84. The number of rotatable bonds is 3. The number of benzene rings is 2. The minimum Gasteiger partial charge on any atom is -0.399 e. The quantitative estimate of drug-likeness (QED) is 0.875. The molecule has 2 aromatic carbocycles. The van der Waals surface area contributed by atoms with Crippen LogP contribution in [-0.2, 0) is 6.42 Å². The Morgan fingerprint density at radius 1 is 0.880 bits per heavy atom. The molecule has 2 aromatic rings. The lowest BCUT2D eigenvalue weighted by molar-refractivity contribution is 0.0535. The van der Waals surface area contributed by atoms with Gasteiger partial charge in [0.15, 0.2) is 0 Å². The standard InChI is InChI=1S/C20H23N3O2/c1-2-15-6-8-16(9-7-15)19(24)22-10-12-23(13-11-22)20(25)17-4-3-5-18(21)14-17/h3-9,14H,2,10-13,21H2,1H3. The number of carbonyl (C=O) groups excluding carboxylic acids is 2. The summed E-state index contributed by atoms with van der Waals surface area (Å²) in [5, 5.41) is 0. The van der Waals surface area contributed by atoms with Gasteiger partial charge in [-0.05, 0) is 42.3 Å². The number of nitrogens with two attached hydrogens (primary N) is 1. The minimum atomic E-state index is -0.0355.